The first-order chi connectivity index (χ1) is 8.79. The predicted octanol–water partition coefficient (Wildman–Crippen LogP) is 3.69. The zero-order valence-corrected chi connectivity index (χ0v) is 12.2. The van der Waals surface area contributed by atoms with Gasteiger partial charge in [0.05, 0.1) is 0 Å². The van der Waals surface area contributed by atoms with Crippen LogP contribution in [0.3, 0.4) is 0 Å². The lowest BCUT2D eigenvalue weighted by molar-refractivity contribution is 0.179. The molecule has 0 saturated heterocycles. The maximum absolute atomic E-state index is 6.48. The summed E-state index contributed by atoms with van der Waals surface area (Å²) in [4.78, 5) is 2.61. The summed E-state index contributed by atoms with van der Waals surface area (Å²) in [5.74, 6) is 0. The summed E-state index contributed by atoms with van der Waals surface area (Å²) in [6.07, 6.45) is 16.7. The quantitative estimate of drug-likeness (QED) is 0.812. The van der Waals surface area contributed by atoms with Crippen LogP contribution in [0.25, 0.3) is 0 Å². The summed E-state index contributed by atoms with van der Waals surface area (Å²) < 4.78 is 0. The van der Waals surface area contributed by atoms with Gasteiger partial charge in [-0.15, -0.1) is 0 Å². The molecule has 0 heterocycles. The highest BCUT2D eigenvalue weighted by molar-refractivity contribution is 4.90. The van der Waals surface area contributed by atoms with Crippen LogP contribution in [0.4, 0.5) is 0 Å². The van der Waals surface area contributed by atoms with Gasteiger partial charge in [0.15, 0.2) is 0 Å². The molecule has 2 rings (SSSR count). The van der Waals surface area contributed by atoms with Gasteiger partial charge in [-0.25, -0.2) is 0 Å². The Morgan fingerprint density at radius 1 is 0.722 bits per heavy atom. The van der Waals surface area contributed by atoms with Gasteiger partial charge < -0.3 is 5.73 Å². The van der Waals surface area contributed by atoms with E-state index in [1.54, 1.807) is 0 Å². The van der Waals surface area contributed by atoms with Gasteiger partial charge in [0.1, 0.15) is 0 Å². The normalized spacial score (nSPS) is 32.8. The minimum absolute atomic E-state index is 0.412. The highest BCUT2D eigenvalue weighted by Gasteiger charge is 2.33. The third-order valence-corrected chi connectivity index (χ3v) is 4.93. The van der Waals surface area contributed by atoms with Crippen molar-refractivity contribution in [1.82, 2.24) is 4.90 Å². The molecule has 0 radical (unpaired) electrons. The van der Waals surface area contributed by atoms with Gasteiger partial charge >= 0.3 is 0 Å². The van der Waals surface area contributed by atoms with Crippen LogP contribution in [0.2, 0.25) is 0 Å². The fraction of sp³-hybridized carbons (Fsp3) is 1.00. The Kier molecular flexibility index (Phi) is 5.97. The van der Waals surface area contributed by atoms with Crippen molar-refractivity contribution in [2.24, 2.45) is 5.73 Å². The summed E-state index contributed by atoms with van der Waals surface area (Å²) in [6.45, 7) is 0. The lowest BCUT2D eigenvalue weighted by Gasteiger charge is -2.33. The summed E-state index contributed by atoms with van der Waals surface area (Å²) in [6, 6.07) is 1.92. The van der Waals surface area contributed by atoms with Crippen molar-refractivity contribution in [3.8, 4) is 0 Å². The average Bonchev–Trinajstić information content (AvgIpc) is 3.17. The number of hydrogen-bond donors (Lipinski definition) is 1. The van der Waals surface area contributed by atoms with Crippen molar-refractivity contribution in [3.63, 3.8) is 0 Å². The Labute approximate surface area is 113 Å². The predicted molar refractivity (Wildman–Crippen MR) is 78.7 cm³/mol. The molecule has 106 valence electrons. The number of nitrogens with zero attached hydrogens (tertiary/aromatic N) is 1. The fourth-order valence-electron chi connectivity index (χ4n) is 3.46. The molecular formula is C16H32N2. The Balaban J connectivity index is 1.85. The average molecular weight is 252 g/mol. The molecule has 2 saturated carbocycles. The van der Waals surface area contributed by atoms with E-state index in [0.717, 1.165) is 6.04 Å². The Morgan fingerprint density at radius 2 is 1.22 bits per heavy atom. The smallest absolute Gasteiger partial charge is 0.0247 e. The van der Waals surface area contributed by atoms with Crippen molar-refractivity contribution < 1.29 is 0 Å². The molecule has 2 unspecified atom stereocenters. The molecule has 2 heteroatoms. The highest BCUT2D eigenvalue weighted by Crippen LogP contribution is 2.30. The second kappa shape index (κ2) is 7.49. The van der Waals surface area contributed by atoms with Gasteiger partial charge in [-0.3, -0.25) is 4.90 Å². The van der Waals surface area contributed by atoms with Gasteiger partial charge in [0.2, 0.25) is 0 Å². The van der Waals surface area contributed by atoms with Crippen LogP contribution in [0, 0.1) is 0 Å². The summed E-state index contributed by atoms with van der Waals surface area (Å²) >= 11 is 0. The van der Waals surface area contributed by atoms with Crippen LogP contribution in [0.5, 0.6) is 0 Å². The Morgan fingerprint density at radius 3 is 1.78 bits per heavy atom. The number of likely N-dealkylation sites (N-methyl/N-ethyl adjacent to an activating group) is 1. The SMILES string of the molecule is CN(C1CC1)C1CCCCCCCCCCC1N. The monoisotopic (exact) mass is 252 g/mol. The zero-order valence-electron chi connectivity index (χ0n) is 12.2. The minimum atomic E-state index is 0.412. The van der Waals surface area contributed by atoms with Gasteiger partial charge in [-0.05, 0) is 32.7 Å². The van der Waals surface area contributed by atoms with Gasteiger partial charge in [0.25, 0.3) is 0 Å². The number of rotatable bonds is 2. The summed E-state index contributed by atoms with van der Waals surface area (Å²) in [7, 11) is 2.31. The van der Waals surface area contributed by atoms with Crippen LogP contribution in [0.1, 0.15) is 77.0 Å². The molecule has 18 heavy (non-hydrogen) atoms. The second-order valence-electron chi connectivity index (χ2n) is 6.53. The van der Waals surface area contributed by atoms with Crippen LogP contribution in [0.15, 0.2) is 0 Å². The third kappa shape index (κ3) is 4.55. The van der Waals surface area contributed by atoms with Crippen LogP contribution in [-0.2, 0) is 0 Å². The summed E-state index contributed by atoms with van der Waals surface area (Å²) in [5.41, 5.74) is 6.48. The molecule has 0 aliphatic heterocycles. The Bertz CT molecular complexity index is 225. The maximum Gasteiger partial charge on any atom is 0.0247 e. The summed E-state index contributed by atoms with van der Waals surface area (Å²) in [5, 5.41) is 0. The molecule has 2 aliphatic rings. The third-order valence-electron chi connectivity index (χ3n) is 4.93. The largest absolute Gasteiger partial charge is 0.326 e. The lowest BCUT2D eigenvalue weighted by atomic mass is 9.93. The van der Waals surface area contributed by atoms with E-state index >= 15 is 0 Å². The van der Waals surface area contributed by atoms with Crippen LogP contribution < -0.4 is 5.73 Å². The molecule has 2 atom stereocenters. The van der Waals surface area contributed by atoms with Gasteiger partial charge in [0, 0.05) is 18.1 Å². The van der Waals surface area contributed by atoms with Crippen molar-refractivity contribution in [2.45, 2.75) is 95.2 Å². The molecule has 0 spiro atoms. The minimum Gasteiger partial charge on any atom is -0.326 e. The van der Waals surface area contributed by atoms with E-state index in [1.807, 2.05) is 0 Å². The second-order valence-corrected chi connectivity index (χ2v) is 6.53. The topological polar surface area (TPSA) is 29.3 Å². The lowest BCUT2D eigenvalue weighted by Crippen LogP contribution is -2.47. The van der Waals surface area contributed by atoms with Crippen molar-refractivity contribution in [2.75, 3.05) is 7.05 Å². The van der Waals surface area contributed by atoms with Crippen molar-refractivity contribution in [1.29, 1.82) is 0 Å². The highest BCUT2D eigenvalue weighted by atomic mass is 15.2. The molecule has 0 aromatic heterocycles. The van der Waals surface area contributed by atoms with E-state index in [-0.39, 0.29) is 0 Å². The zero-order chi connectivity index (χ0) is 12.8. The standard InChI is InChI=1S/C16H32N2/c1-18(14-12-13-14)16-11-9-7-5-3-2-4-6-8-10-15(16)17/h14-16H,2-13,17H2,1H3. The van der Waals surface area contributed by atoms with E-state index in [4.69, 9.17) is 5.73 Å². The molecule has 2 N–H and O–H groups in total. The maximum atomic E-state index is 6.48. The molecule has 0 bridgehead atoms. The van der Waals surface area contributed by atoms with Crippen molar-refractivity contribution in [3.05, 3.63) is 0 Å². The molecule has 2 fully saturated rings. The molecular weight excluding hydrogens is 220 g/mol. The molecule has 0 amide bonds. The van der Waals surface area contributed by atoms with Gasteiger partial charge in [-0.1, -0.05) is 51.4 Å². The molecule has 0 aromatic carbocycles. The van der Waals surface area contributed by atoms with Crippen LogP contribution in [-0.4, -0.2) is 30.1 Å². The first-order valence-electron chi connectivity index (χ1n) is 8.26. The van der Waals surface area contributed by atoms with E-state index in [9.17, 15) is 0 Å². The molecule has 2 aliphatic carbocycles. The fourth-order valence-corrected chi connectivity index (χ4v) is 3.46. The van der Waals surface area contributed by atoms with E-state index in [0.29, 0.717) is 12.1 Å². The molecule has 2 nitrogen and oxygen atoms in total. The first-order valence-corrected chi connectivity index (χ1v) is 8.26. The molecule has 0 aromatic rings. The first kappa shape index (κ1) is 14.3. The van der Waals surface area contributed by atoms with Gasteiger partial charge in [-0.2, -0.15) is 0 Å². The number of hydrogen-bond acceptors (Lipinski definition) is 2. The van der Waals surface area contributed by atoms with Crippen LogP contribution >= 0.6 is 0 Å². The number of nitrogens with two attached hydrogens (primary N) is 1. The Hall–Kier alpha value is -0.0800. The van der Waals surface area contributed by atoms with E-state index in [2.05, 4.69) is 11.9 Å². The van der Waals surface area contributed by atoms with E-state index < -0.39 is 0 Å². The van der Waals surface area contributed by atoms with Crippen molar-refractivity contribution >= 4 is 0 Å². The van der Waals surface area contributed by atoms with E-state index in [1.165, 1.54) is 77.0 Å².